The first-order chi connectivity index (χ1) is 7.66. The Balaban J connectivity index is 2.07. The third kappa shape index (κ3) is 2.54. The van der Waals surface area contributed by atoms with Crippen molar-refractivity contribution >= 4 is 0 Å². The zero-order valence-corrected chi connectivity index (χ0v) is 9.90. The Morgan fingerprint density at radius 1 is 1.38 bits per heavy atom. The molecule has 0 spiro atoms. The maximum Gasteiger partial charge on any atom is 0.137 e. The van der Waals surface area contributed by atoms with Crippen LogP contribution < -0.4 is 10.5 Å². The maximum absolute atomic E-state index is 6.00. The highest BCUT2D eigenvalue weighted by atomic mass is 16.5. The summed E-state index contributed by atoms with van der Waals surface area (Å²) in [4.78, 5) is 0. The third-order valence-electron chi connectivity index (χ3n) is 2.96. The summed E-state index contributed by atoms with van der Waals surface area (Å²) in [6, 6.07) is 6.25. The van der Waals surface area contributed by atoms with Gasteiger partial charge in [-0.1, -0.05) is 17.7 Å². The highest BCUT2D eigenvalue weighted by molar-refractivity contribution is 5.35. The summed E-state index contributed by atoms with van der Waals surface area (Å²) in [6.07, 6.45) is 0.852. The van der Waals surface area contributed by atoms with Crippen LogP contribution in [-0.4, -0.2) is 25.4 Å². The van der Waals surface area contributed by atoms with Gasteiger partial charge < -0.3 is 15.2 Å². The van der Waals surface area contributed by atoms with E-state index in [-0.39, 0.29) is 12.1 Å². The molecule has 0 radical (unpaired) electrons. The van der Waals surface area contributed by atoms with E-state index < -0.39 is 0 Å². The van der Waals surface area contributed by atoms with Gasteiger partial charge in [0.15, 0.2) is 0 Å². The third-order valence-corrected chi connectivity index (χ3v) is 2.96. The molecule has 3 heteroatoms. The van der Waals surface area contributed by atoms with Gasteiger partial charge in [-0.2, -0.15) is 0 Å². The van der Waals surface area contributed by atoms with Crippen LogP contribution in [0.5, 0.6) is 5.75 Å². The molecule has 1 aromatic carbocycles. The molecule has 0 aliphatic carbocycles. The topological polar surface area (TPSA) is 44.5 Å². The number of hydrogen-bond acceptors (Lipinski definition) is 3. The lowest BCUT2D eigenvalue weighted by atomic mass is 10.1. The summed E-state index contributed by atoms with van der Waals surface area (Å²) < 4.78 is 11.3. The lowest BCUT2D eigenvalue weighted by Gasteiger charge is -2.29. The van der Waals surface area contributed by atoms with Crippen molar-refractivity contribution in [2.45, 2.75) is 32.4 Å². The van der Waals surface area contributed by atoms with Crippen LogP contribution in [0.1, 0.15) is 17.5 Å². The molecule has 0 saturated carbocycles. The maximum atomic E-state index is 6.00. The van der Waals surface area contributed by atoms with Gasteiger partial charge in [0.2, 0.25) is 0 Å². The number of hydrogen-bond donors (Lipinski definition) is 1. The van der Waals surface area contributed by atoms with Crippen molar-refractivity contribution in [3.05, 3.63) is 29.3 Å². The monoisotopic (exact) mass is 221 g/mol. The van der Waals surface area contributed by atoms with Gasteiger partial charge in [-0.25, -0.2) is 0 Å². The largest absolute Gasteiger partial charge is 0.486 e. The van der Waals surface area contributed by atoms with Crippen molar-refractivity contribution in [1.82, 2.24) is 0 Å². The Morgan fingerprint density at radius 3 is 2.88 bits per heavy atom. The van der Waals surface area contributed by atoms with Crippen LogP contribution in [-0.2, 0) is 4.74 Å². The molecule has 2 unspecified atom stereocenters. The molecule has 0 aromatic heterocycles. The standard InChI is InChI=1S/C13H19NO2/c1-9-3-4-12(10(2)7-9)16-13-8-15-6-5-11(13)14/h3-4,7,11,13H,5-6,8,14H2,1-2H3. The van der Waals surface area contributed by atoms with E-state index in [1.165, 1.54) is 5.56 Å². The Bertz CT molecular complexity index is 365. The molecule has 2 N–H and O–H groups in total. The SMILES string of the molecule is Cc1ccc(OC2COCCC2N)c(C)c1. The molecule has 1 heterocycles. The average Bonchev–Trinajstić information content (AvgIpc) is 2.25. The van der Waals surface area contributed by atoms with Crippen LogP contribution in [0.3, 0.4) is 0 Å². The van der Waals surface area contributed by atoms with Crippen molar-refractivity contribution in [2.24, 2.45) is 5.73 Å². The molecular formula is C13H19NO2. The van der Waals surface area contributed by atoms with Crippen molar-refractivity contribution in [1.29, 1.82) is 0 Å². The first kappa shape index (κ1) is 11.4. The number of aryl methyl sites for hydroxylation is 2. The van der Waals surface area contributed by atoms with Crippen LogP contribution in [0.15, 0.2) is 18.2 Å². The summed E-state index contributed by atoms with van der Waals surface area (Å²) in [7, 11) is 0. The van der Waals surface area contributed by atoms with E-state index in [9.17, 15) is 0 Å². The van der Waals surface area contributed by atoms with Gasteiger partial charge in [-0.05, 0) is 31.9 Å². The Morgan fingerprint density at radius 2 is 2.19 bits per heavy atom. The number of benzene rings is 1. The summed E-state index contributed by atoms with van der Waals surface area (Å²) in [5.74, 6) is 0.913. The molecule has 1 fully saturated rings. The van der Waals surface area contributed by atoms with Crippen LogP contribution in [0, 0.1) is 13.8 Å². The van der Waals surface area contributed by atoms with E-state index in [1.807, 2.05) is 6.07 Å². The van der Waals surface area contributed by atoms with Gasteiger partial charge in [0, 0.05) is 12.6 Å². The molecule has 2 rings (SSSR count). The predicted octanol–water partition coefficient (Wildman–Crippen LogP) is 1.80. The molecule has 1 aliphatic heterocycles. The summed E-state index contributed by atoms with van der Waals surface area (Å²) >= 11 is 0. The fraction of sp³-hybridized carbons (Fsp3) is 0.538. The first-order valence-corrected chi connectivity index (χ1v) is 5.74. The minimum atomic E-state index is -0.0184. The van der Waals surface area contributed by atoms with E-state index in [2.05, 4.69) is 26.0 Å². The van der Waals surface area contributed by atoms with Crippen molar-refractivity contribution in [2.75, 3.05) is 13.2 Å². The Labute approximate surface area is 96.5 Å². The Hall–Kier alpha value is -1.06. The lowest BCUT2D eigenvalue weighted by Crippen LogP contribution is -2.46. The van der Waals surface area contributed by atoms with E-state index in [4.69, 9.17) is 15.2 Å². The minimum absolute atomic E-state index is 0.0184. The second kappa shape index (κ2) is 4.85. The highest BCUT2D eigenvalue weighted by Gasteiger charge is 2.24. The molecule has 1 aliphatic rings. The second-order valence-electron chi connectivity index (χ2n) is 4.45. The number of rotatable bonds is 2. The fourth-order valence-corrected chi connectivity index (χ4v) is 1.94. The van der Waals surface area contributed by atoms with E-state index in [0.29, 0.717) is 6.61 Å². The zero-order chi connectivity index (χ0) is 11.5. The minimum Gasteiger partial charge on any atom is -0.486 e. The van der Waals surface area contributed by atoms with Gasteiger partial charge in [0.05, 0.1) is 6.61 Å². The summed E-state index contributed by atoms with van der Waals surface area (Å²) in [6.45, 7) is 5.46. The second-order valence-corrected chi connectivity index (χ2v) is 4.45. The van der Waals surface area contributed by atoms with E-state index in [0.717, 1.165) is 24.3 Å². The van der Waals surface area contributed by atoms with Gasteiger partial charge >= 0.3 is 0 Å². The molecule has 0 amide bonds. The predicted molar refractivity (Wildman–Crippen MR) is 63.7 cm³/mol. The quantitative estimate of drug-likeness (QED) is 0.828. The molecule has 1 saturated heterocycles. The first-order valence-electron chi connectivity index (χ1n) is 5.74. The molecule has 2 atom stereocenters. The molecule has 3 nitrogen and oxygen atoms in total. The fourth-order valence-electron chi connectivity index (χ4n) is 1.94. The molecular weight excluding hydrogens is 202 g/mol. The van der Waals surface area contributed by atoms with Gasteiger partial charge in [0.25, 0.3) is 0 Å². The molecule has 88 valence electrons. The molecule has 1 aromatic rings. The van der Waals surface area contributed by atoms with Gasteiger partial charge in [-0.3, -0.25) is 0 Å². The van der Waals surface area contributed by atoms with Crippen LogP contribution in [0.2, 0.25) is 0 Å². The van der Waals surface area contributed by atoms with Crippen molar-refractivity contribution in [3.63, 3.8) is 0 Å². The average molecular weight is 221 g/mol. The normalized spacial score (nSPS) is 25.4. The summed E-state index contributed by atoms with van der Waals surface area (Å²) in [5, 5.41) is 0. The zero-order valence-electron chi connectivity index (χ0n) is 9.90. The van der Waals surface area contributed by atoms with Gasteiger partial charge in [0.1, 0.15) is 11.9 Å². The lowest BCUT2D eigenvalue weighted by molar-refractivity contribution is -0.00558. The number of ether oxygens (including phenoxy) is 2. The van der Waals surface area contributed by atoms with Crippen LogP contribution in [0.4, 0.5) is 0 Å². The molecule has 16 heavy (non-hydrogen) atoms. The van der Waals surface area contributed by atoms with Crippen molar-refractivity contribution < 1.29 is 9.47 Å². The summed E-state index contributed by atoms with van der Waals surface area (Å²) in [5.41, 5.74) is 8.40. The van der Waals surface area contributed by atoms with E-state index >= 15 is 0 Å². The smallest absolute Gasteiger partial charge is 0.137 e. The highest BCUT2D eigenvalue weighted by Crippen LogP contribution is 2.22. The van der Waals surface area contributed by atoms with Crippen LogP contribution in [0.25, 0.3) is 0 Å². The van der Waals surface area contributed by atoms with Crippen molar-refractivity contribution in [3.8, 4) is 5.75 Å². The molecule has 0 bridgehead atoms. The van der Waals surface area contributed by atoms with Gasteiger partial charge in [-0.15, -0.1) is 0 Å². The number of nitrogens with two attached hydrogens (primary N) is 1. The van der Waals surface area contributed by atoms with E-state index in [1.54, 1.807) is 0 Å². The van der Waals surface area contributed by atoms with Crippen LogP contribution >= 0.6 is 0 Å². The Kier molecular flexibility index (Phi) is 3.46.